The van der Waals surface area contributed by atoms with Gasteiger partial charge in [-0.2, -0.15) is 0 Å². The SMILES string of the molecule is CCNC(=O)CN(CC)Cc1ccc(-c2ccc(Br)cc2)o1. The predicted molar refractivity (Wildman–Crippen MR) is 91.5 cm³/mol. The lowest BCUT2D eigenvalue weighted by Crippen LogP contribution is -2.36. The smallest absolute Gasteiger partial charge is 0.234 e. The van der Waals surface area contributed by atoms with E-state index in [0.29, 0.717) is 19.6 Å². The average molecular weight is 365 g/mol. The average Bonchev–Trinajstić information content (AvgIpc) is 2.96. The monoisotopic (exact) mass is 364 g/mol. The largest absolute Gasteiger partial charge is 0.460 e. The minimum atomic E-state index is 0.0454. The van der Waals surface area contributed by atoms with Gasteiger partial charge in [0.2, 0.25) is 5.91 Å². The van der Waals surface area contributed by atoms with E-state index in [-0.39, 0.29) is 5.91 Å². The van der Waals surface area contributed by atoms with Gasteiger partial charge in [-0.25, -0.2) is 0 Å². The lowest BCUT2D eigenvalue weighted by Gasteiger charge is -2.18. The Kier molecular flexibility index (Phi) is 6.21. The number of likely N-dealkylation sites (N-methyl/N-ethyl adjacent to an activating group) is 2. The molecule has 22 heavy (non-hydrogen) atoms. The summed E-state index contributed by atoms with van der Waals surface area (Å²) in [6, 6.07) is 11.9. The highest BCUT2D eigenvalue weighted by molar-refractivity contribution is 9.10. The number of benzene rings is 1. The Bertz CT molecular complexity index is 607. The van der Waals surface area contributed by atoms with E-state index < -0.39 is 0 Å². The van der Waals surface area contributed by atoms with E-state index in [1.165, 1.54) is 0 Å². The molecule has 0 bridgehead atoms. The van der Waals surface area contributed by atoms with Crippen molar-refractivity contribution >= 4 is 21.8 Å². The van der Waals surface area contributed by atoms with Crippen molar-refractivity contribution in [2.24, 2.45) is 0 Å². The van der Waals surface area contributed by atoms with Crippen LogP contribution in [0.1, 0.15) is 19.6 Å². The molecule has 0 saturated carbocycles. The number of nitrogens with one attached hydrogen (secondary N) is 1. The second kappa shape index (κ2) is 8.15. The number of halogens is 1. The van der Waals surface area contributed by atoms with Gasteiger partial charge >= 0.3 is 0 Å². The standard InChI is InChI=1S/C17H21BrN2O2/c1-3-19-17(21)12-20(4-2)11-15-9-10-16(22-15)13-5-7-14(18)8-6-13/h5-10H,3-4,11-12H2,1-2H3,(H,19,21). The first-order chi connectivity index (χ1) is 10.6. The molecule has 1 heterocycles. The molecule has 1 amide bonds. The van der Waals surface area contributed by atoms with Crippen LogP contribution in [0.3, 0.4) is 0 Å². The maximum atomic E-state index is 11.7. The molecule has 0 radical (unpaired) electrons. The van der Waals surface area contributed by atoms with Gasteiger partial charge in [0, 0.05) is 16.6 Å². The van der Waals surface area contributed by atoms with Gasteiger partial charge in [-0.3, -0.25) is 9.69 Å². The van der Waals surface area contributed by atoms with Crippen molar-refractivity contribution in [3.8, 4) is 11.3 Å². The third-order valence-electron chi connectivity index (χ3n) is 3.36. The summed E-state index contributed by atoms with van der Waals surface area (Å²) < 4.78 is 6.94. The van der Waals surface area contributed by atoms with Crippen molar-refractivity contribution < 1.29 is 9.21 Å². The third-order valence-corrected chi connectivity index (χ3v) is 3.89. The normalized spacial score (nSPS) is 10.9. The maximum absolute atomic E-state index is 11.7. The molecule has 2 aromatic rings. The highest BCUT2D eigenvalue weighted by Gasteiger charge is 2.12. The van der Waals surface area contributed by atoms with Gasteiger partial charge in [-0.1, -0.05) is 35.0 Å². The number of carbonyl (C=O) groups is 1. The summed E-state index contributed by atoms with van der Waals surface area (Å²) >= 11 is 3.43. The van der Waals surface area contributed by atoms with E-state index in [1.54, 1.807) is 0 Å². The summed E-state index contributed by atoms with van der Waals surface area (Å²) in [6.45, 7) is 6.43. The molecule has 0 fully saturated rings. The zero-order valence-electron chi connectivity index (χ0n) is 12.9. The molecule has 2 rings (SSSR count). The van der Waals surface area contributed by atoms with Crippen LogP contribution >= 0.6 is 15.9 Å². The van der Waals surface area contributed by atoms with Crippen LogP contribution in [0.25, 0.3) is 11.3 Å². The van der Waals surface area contributed by atoms with Crippen molar-refractivity contribution in [2.75, 3.05) is 19.6 Å². The Morgan fingerprint density at radius 3 is 2.55 bits per heavy atom. The fraction of sp³-hybridized carbons (Fsp3) is 0.353. The Balaban J connectivity index is 2.01. The van der Waals surface area contributed by atoms with Gasteiger partial charge in [0.25, 0.3) is 0 Å². The Labute approximate surface area is 139 Å². The van der Waals surface area contributed by atoms with Crippen LogP contribution < -0.4 is 5.32 Å². The van der Waals surface area contributed by atoms with Crippen LogP contribution in [-0.2, 0) is 11.3 Å². The van der Waals surface area contributed by atoms with Crippen LogP contribution in [0.15, 0.2) is 45.3 Å². The molecule has 5 heteroatoms. The predicted octanol–water partition coefficient (Wildman–Crippen LogP) is 3.67. The van der Waals surface area contributed by atoms with Gasteiger partial charge in [0.15, 0.2) is 0 Å². The fourth-order valence-corrected chi connectivity index (χ4v) is 2.45. The molecule has 118 valence electrons. The highest BCUT2D eigenvalue weighted by atomic mass is 79.9. The molecule has 0 aliphatic carbocycles. The number of hydrogen-bond acceptors (Lipinski definition) is 3. The minimum Gasteiger partial charge on any atom is -0.460 e. The topological polar surface area (TPSA) is 45.5 Å². The number of furan rings is 1. The first-order valence-electron chi connectivity index (χ1n) is 7.46. The maximum Gasteiger partial charge on any atom is 0.234 e. The molecule has 1 aromatic heterocycles. The van der Waals surface area contributed by atoms with Gasteiger partial charge in [0.05, 0.1) is 13.1 Å². The van der Waals surface area contributed by atoms with E-state index >= 15 is 0 Å². The van der Waals surface area contributed by atoms with Crippen molar-refractivity contribution in [3.63, 3.8) is 0 Å². The highest BCUT2D eigenvalue weighted by Crippen LogP contribution is 2.24. The summed E-state index contributed by atoms with van der Waals surface area (Å²) in [5.74, 6) is 1.75. The molecular weight excluding hydrogens is 344 g/mol. The fourth-order valence-electron chi connectivity index (χ4n) is 2.19. The van der Waals surface area contributed by atoms with Crippen LogP contribution in [0.4, 0.5) is 0 Å². The van der Waals surface area contributed by atoms with Crippen LogP contribution in [0.5, 0.6) is 0 Å². The molecule has 0 atom stereocenters. The summed E-state index contributed by atoms with van der Waals surface area (Å²) in [6.07, 6.45) is 0. The van der Waals surface area contributed by atoms with E-state index in [2.05, 4.69) is 26.1 Å². The first kappa shape index (κ1) is 16.8. The van der Waals surface area contributed by atoms with Crippen LogP contribution in [0.2, 0.25) is 0 Å². The number of rotatable bonds is 7. The van der Waals surface area contributed by atoms with E-state index in [4.69, 9.17) is 4.42 Å². The number of nitrogens with zero attached hydrogens (tertiary/aromatic N) is 1. The van der Waals surface area contributed by atoms with E-state index in [9.17, 15) is 4.79 Å². The Hall–Kier alpha value is -1.59. The summed E-state index contributed by atoms with van der Waals surface area (Å²) in [5.41, 5.74) is 1.04. The lowest BCUT2D eigenvalue weighted by molar-refractivity contribution is -0.122. The van der Waals surface area contributed by atoms with Crippen molar-refractivity contribution in [1.29, 1.82) is 0 Å². The van der Waals surface area contributed by atoms with Gasteiger partial charge in [0.1, 0.15) is 11.5 Å². The lowest BCUT2D eigenvalue weighted by atomic mass is 10.2. The molecular formula is C17H21BrN2O2. The zero-order valence-corrected chi connectivity index (χ0v) is 14.5. The molecule has 1 aromatic carbocycles. The first-order valence-corrected chi connectivity index (χ1v) is 8.25. The second-order valence-corrected chi connectivity index (χ2v) is 5.95. The minimum absolute atomic E-state index is 0.0454. The van der Waals surface area contributed by atoms with Crippen molar-refractivity contribution in [1.82, 2.24) is 10.2 Å². The van der Waals surface area contributed by atoms with Gasteiger partial charge in [-0.15, -0.1) is 0 Å². The Morgan fingerprint density at radius 1 is 1.18 bits per heavy atom. The number of carbonyl (C=O) groups excluding carboxylic acids is 1. The van der Waals surface area contributed by atoms with Crippen molar-refractivity contribution in [3.05, 3.63) is 46.6 Å². The Morgan fingerprint density at radius 2 is 1.91 bits per heavy atom. The summed E-state index contributed by atoms with van der Waals surface area (Å²) in [4.78, 5) is 13.7. The third kappa shape index (κ3) is 4.71. The van der Waals surface area contributed by atoms with Crippen LogP contribution in [0, 0.1) is 0 Å². The van der Waals surface area contributed by atoms with E-state index in [0.717, 1.165) is 28.1 Å². The van der Waals surface area contributed by atoms with Gasteiger partial charge < -0.3 is 9.73 Å². The summed E-state index contributed by atoms with van der Waals surface area (Å²) in [7, 11) is 0. The second-order valence-electron chi connectivity index (χ2n) is 5.03. The molecule has 0 aliphatic rings. The van der Waals surface area contributed by atoms with Crippen molar-refractivity contribution in [2.45, 2.75) is 20.4 Å². The molecule has 0 unspecified atom stereocenters. The van der Waals surface area contributed by atoms with Gasteiger partial charge in [-0.05, 0) is 37.7 Å². The molecule has 0 saturated heterocycles. The molecule has 0 spiro atoms. The summed E-state index contributed by atoms with van der Waals surface area (Å²) in [5, 5.41) is 2.82. The molecule has 4 nitrogen and oxygen atoms in total. The molecule has 1 N–H and O–H groups in total. The van der Waals surface area contributed by atoms with E-state index in [1.807, 2.05) is 50.2 Å². The molecule has 0 aliphatic heterocycles. The van der Waals surface area contributed by atoms with Crippen LogP contribution in [-0.4, -0.2) is 30.4 Å². The number of amides is 1. The number of hydrogen-bond donors (Lipinski definition) is 1. The zero-order chi connectivity index (χ0) is 15.9. The quantitative estimate of drug-likeness (QED) is 0.815.